The van der Waals surface area contributed by atoms with E-state index in [4.69, 9.17) is 15.7 Å². The molecule has 0 spiro atoms. The fraction of sp³-hybridized carbons (Fsp3) is 0.0556. The van der Waals surface area contributed by atoms with Crippen molar-refractivity contribution in [1.29, 1.82) is 0 Å². The zero-order valence-corrected chi connectivity index (χ0v) is 42.3. The fourth-order valence-corrected chi connectivity index (χ4v) is 13.5. The van der Waals surface area contributed by atoms with Crippen molar-refractivity contribution in [3.8, 4) is 22.3 Å². The van der Waals surface area contributed by atoms with Gasteiger partial charge in [0.15, 0.2) is 5.84 Å². The fourth-order valence-electron chi connectivity index (χ4n) is 13.5. The summed E-state index contributed by atoms with van der Waals surface area (Å²) < 4.78 is 4.52. The number of nitrogens with zero attached hydrogens (tertiary/aromatic N) is 4. The largest absolute Gasteiger partial charge is 0.369 e. The van der Waals surface area contributed by atoms with Gasteiger partial charge in [0.25, 0.3) is 0 Å². The topological polar surface area (TPSA) is 60.6 Å². The quantitative estimate of drug-likeness (QED) is 0.126. The highest BCUT2D eigenvalue weighted by atomic mass is 15.2. The minimum atomic E-state index is -0.585. The minimum Gasteiger partial charge on any atom is -0.369 e. The standard InChI is InChI=1S/C72H51N5/c73-70(77-66-42-24-21-38-56(66)60-44-58-54-36-20-23-40-62(54)72(64(58)46-68(60)77,51-31-13-4-14-32-51)52-33-15-5-16-34-52)75-69(48-25-7-1-8-26-48)74-47-76-65-41-18-6-17-37-55(65)59-43-57-53-35-19-22-39-61(53)71(63(57)45-67(59)76,49-27-9-2-10-28-49)50-29-11-3-12-30-50/h1-5,7-46H,6,47H2,(H2,73,74,75). The molecule has 364 valence electrons. The first-order valence-electron chi connectivity index (χ1n) is 26.6. The van der Waals surface area contributed by atoms with E-state index in [2.05, 4.69) is 264 Å². The monoisotopic (exact) mass is 985 g/mol. The molecule has 0 bridgehead atoms. The molecule has 0 unspecified atom stereocenters. The molecule has 0 saturated carbocycles. The van der Waals surface area contributed by atoms with Crippen LogP contribution in [-0.4, -0.2) is 20.9 Å². The highest BCUT2D eigenvalue weighted by Crippen LogP contribution is 2.59. The van der Waals surface area contributed by atoms with Gasteiger partial charge < -0.3 is 10.3 Å². The minimum absolute atomic E-state index is 0.302. The van der Waals surface area contributed by atoms with Gasteiger partial charge in [-0.3, -0.25) is 4.57 Å². The molecule has 0 atom stereocenters. The summed E-state index contributed by atoms with van der Waals surface area (Å²) in [6.07, 6.45) is 9.92. The zero-order chi connectivity index (χ0) is 51.1. The lowest BCUT2D eigenvalue weighted by Crippen LogP contribution is -2.29. The Balaban J connectivity index is 0.943. The third-order valence-corrected chi connectivity index (χ3v) is 16.6. The highest BCUT2D eigenvalue weighted by molar-refractivity contribution is 6.17. The van der Waals surface area contributed by atoms with Gasteiger partial charge in [-0.1, -0.05) is 237 Å². The second kappa shape index (κ2) is 17.6. The van der Waals surface area contributed by atoms with E-state index in [0.29, 0.717) is 18.5 Å². The van der Waals surface area contributed by atoms with Gasteiger partial charge in [-0.25, -0.2) is 4.99 Å². The molecule has 0 amide bonds. The van der Waals surface area contributed by atoms with Crippen molar-refractivity contribution in [3.63, 3.8) is 0 Å². The summed E-state index contributed by atoms with van der Waals surface area (Å²) in [6, 6.07) is 90.3. The maximum atomic E-state index is 7.55. The van der Waals surface area contributed by atoms with Crippen molar-refractivity contribution in [1.82, 2.24) is 9.13 Å². The Morgan fingerprint density at radius 1 is 0.416 bits per heavy atom. The van der Waals surface area contributed by atoms with Gasteiger partial charge >= 0.3 is 0 Å². The molecule has 15 rings (SSSR count). The molecule has 2 heterocycles. The average Bonchev–Trinajstić information content (AvgIpc) is 4.24. The van der Waals surface area contributed by atoms with Crippen LogP contribution in [0.4, 0.5) is 0 Å². The van der Waals surface area contributed by atoms with Gasteiger partial charge in [0.1, 0.15) is 6.67 Å². The summed E-state index contributed by atoms with van der Waals surface area (Å²) in [6.45, 7) is 0.302. The number of aliphatic imine (C=N–C) groups is 2. The number of amidine groups is 1. The number of fused-ring (bicyclic) bond motifs is 12. The van der Waals surface area contributed by atoms with Gasteiger partial charge in [0.05, 0.1) is 33.1 Å². The molecule has 0 fully saturated rings. The number of rotatable bonds is 7. The van der Waals surface area contributed by atoms with Gasteiger partial charge in [0.2, 0.25) is 5.96 Å². The normalized spacial score (nSPS) is 14.8. The molecule has 0 radical (unpaired) electrons. The number of hydrogen-bond acceptors (Lipinski definition) is 1. The molecule has 77 heavy (non-hydrogen) atoms. The number of allylic oxidation sites excluding steroid dienone is 2. The van der Waals surface area contributed by atoms with E-state index in [-0.39, 0.29) is 0 Å². The van der Waals surface area contributed by atoms with E-state index in [1.54, 1.807) is 0 Å². The predicted molar refractivity (Wildman–Crippen MR) is 319 cm³/mol. The third kappa shape index (κ3) is 6.53. The Morgan fingerprint density at radius 3 is 1.45 bits per heavy atom. The first kappa shape index (κ1) is 44.6. The highest BCUT2D eigenvalue weighted by Gasteiger charge is 2.48. The molecule has 5 heteroatoms. The van der Waals surface area contributed by atoms with E-state index in [9.17, 15) is 0 Å². The second-order valence-electron chi connectivity index (χ2n) is 20.5. The molecular weight excluding hydrogens is 935 g/mol. The maximum absolute atomic E-state index is 7.55. The van der Waals surface area contributed by atoms with Crippen molar-refractivity contribution in [3.05, 3.63) is 322 Å². The molecule has 5 nitrogen and oxygen atoms in total. The molecular formula is C72H51N5. The second-order valence-corrected chi connectivity index (χ2v) is 20.5. The summed E-state index contributed by atoms with van der Waals surface area (Å²) in [7, 11) is 0. The summed E-state index contributed by atoms with van der Waals surface area (Å²) in [4.78, 5) is 11.0. The average molecular weight is 986 g/mol. The maximum Gasteiger partial charge on any atom is 0.207 e. The zero-order valence-electron chi connectivity index (χ0n) is 42.3. The predicted octanol–water partition coefficient (Wildman–Crippen LogP) is 16.2. The smallest absolute Gasteiger partial charge is 0.207 e. The number of hydrogen-bond donors (Lipinski definition) is 1. The number of benzene rings is 10. The van der Waals surface area contributed by atoms with Gasteiger partial charge in [0, 0.05) is 27.3 Å². The Labute approximate surface area is 447 Å². The first-order valence-corrected chi connectivity index (χ1v) is 26.6. The van der Waals surface area contributed by atoms with Crippen molar-refractivity contribution >= 4 is 56.7 Å². The van der Waals surface area contributed by atoms with Crippen molar-refractivity contribution in [2.45, 2.75) is 23.9 Å². The van der Waals surface area contributed by atoms with E-state index in [1.807, 2.05) is 18.2 Å². The van der Waals surface area contributed by atoms with E-state index < -0.39 is 10.8 Å². The third-order valence-electron chi connectivity index (χ3n) is 16.6. The van der Waals surface area contributed by atoms with Crippen molar-refractivity contribution < 1.29 is 0 Å². The molecule has 0 saturated heterocycles. The van der Waals surface area contributed by atoms with E-state index in [1.165, 1.54) is 77.7 Å². The van der Waals surface area contributed by atoms with Crippen molar-refractivity contribution in [2.75, 3.05) is 0 Å². The van der Waals surface area contributed by atoms with Gasteiger partial charge in [-0.05, 0) is 110 Å². The van der Waals surface area contributed by atoms with Crippen LogP contribution in [0.15, 0.2) is 271 Å². The lowest BCUT2D eigenvalue weighted by Gasteiger charge is -2.34. The molecule has 3 aliphatic carbocycles. The summed E-state index contributed by atoms with van der Waals surface area (Å²) in [5, 5.41) is 3.41. The van der Waals surface area contributed by atoms with Crippen molar-refractivity contribution in [2.24, 2.45) is 15.7 Å². The molecule has 2 N–H and O–H groups in total. The Kier molecular flexibility index (Phi) is 10.2. The number of aromatic nitrogens is 2. The molecule has 10 aromatic carbocycles. The molecule has 2 aromatic heterocycles. The van der Waals surface area contributed by atoms with Crippen LogP contribution >= 0.6 is 0 Å². The number of para-hydroxylation sites is 1. The van der Waals surface area contributed by atoms with Gasteiger partial charge in [-0.2, -0.15) is 4.99 Å². The molecule has 3 aliphatic rings. The summed E-state index contributed by atoms with van der Waals surface area (Å²) >= 11 is 0. The van der Waals surface area contributed by atoms with Crippen LogP contribution in [0.1, 0.15) is 67.7 Å². The number of nitrogens with two attached hydrogens (primary N) is 1. The molecule has 0 aliphatic heterocycles. The SMILES string of the molecule is NC(=N/C(=N\Cn1c2c(c3cc4c(cc31)C(c1ccccc1)(c1ccccc1)c1ccccc1-4)C=CCC=C2)c1ccccc1)n1c2ccccc2c2cc3c(cc21)C(c1ccccc1)(c1ccccc1)c1ccccc1-3. The Hall–Kier alpha value is -9.84. The van der Waals surface area contributed by atoms with Crippen LogP contribution in [0.2, 0.25) is 0 Å². The lowest BCUT2D eigenvalue weighted by atomic mass is 9.67. The van der Waals surface area contributed by atoms with E-state index >= 15 is 0 Å². The van der Waals surface area contributed by atoms with E-state index in [0.717, 1.165) is 45.0 Å². The van der Waals surface area contributed by atoms with Crippen LogP contribution in [0.5, 0.6) is 0 Å². The van der Waals surface area contributed by atoms with Crippen LogP contribution in [0.25, 0.3) is 67.1 Å². The molecule has 12 aromatic rings. The first-order chi connectivity index (χ1) is 38.1. The summed E-state index contributed by atoms with van der Waals surface area (Å²) in [5.41, 5.74) is 27.5. The van der Waals surface area contributed by atoms with Crippen LogP contribution in [-0.2, 0) is 17.5 Å². The van der Waals surface area contributed by atoms with Crippen LogP contribution < -0.4 is 5.73 Å². The lowest BCUT2D eigenvalue weighted by molar-refractivity contribution is 0.749. The van der Waals surface area contributed by atoms with Crippen LogP contribution in [0, 0.1) is 0 Å². The van der Waals surface area contributed by atoms with Crippen LogP contribution in [0.3, 0.4) is 0 Å². The Morgan fingerprint density at radius 2 is 0.883 bits per heavy atom. The summed E-state index contributed by atoms with van der Waals surface area (Å²) in [5.74, 6) is 0.884. The van der Waals surface area contributed by atoms with Gasteiger partial charge in [-0.15, -0.1) is 0 Å². The Bertz CT molecular complexity index is 4350.